The van der Waals surface area contributed by atoms with Crippen LogP contribution in [0.25, 0.3) is 21.8 Å². The van der Waals surface area contributed by atoms with Crippen molar-refractivity contribution >= 4 is 85.6 Å². The second kappa shape index (κ2) is 13.2. The number of hydrogen-bond acceptors (Lipinski definition) is 12. The Bertz CT molecular complexity index is 2510. The number of halogens is 3. The quantitative estimate of drug-likeness (QED) is 0.183. The number of anilines is 3. The number of fused-ring (bicyclic) bond motifs is 4. The summed E-state index contributed by atoms with van der Waals surface area (Å²) in [5.41, 5.74) is 5.05. The molecule has 8 heterocycles. The van der Waals surface area contributed by atoms with E-state index < -0.39 is 16.9 Å². The zero-order valence-corrected chi connectivity index (χ0v) is 29.5. The summed E-state index contributed by atoms with van der Waals surface area (Å²) in [6.07, 6.45) is 9.35. The van der Waals surface area contributed by atoms with Gasteiger partial charge in [-0.3, -0.25) is 38.3 Å². The number of carbonyl (C=O) groups excluding carboxylic acids is 2. The number of hydrogen-bond donors (Lipinski definition) is 4. The molecule has 0 aromatic carbocycles. The number of amides is 2. The van der Waals surface area contributed by atoms with Crippen LogP contribution in [0.2, 0.25) is 15.2 Å². The first-order valence-electron chi connectivity index (χ1n) is 14.9. The van der Waals surface area contributed by atoms with E-state index in [2.05, 4.69) is 45.9 Å². The SMILES string of the molecule is CC1(C)NC(=O)c2c(Cl)cc(N)c(=O)n21.CC1(C)NC(=O)c2c(Cl)cc(Nc3ncnc4cnccc34)c(=O)n21.Clc1ncnc2cnccc12. The third-order valence-corrected chi connectivity index (χ3v) is 8.68. The van der Waals surface area contributed by atoms with Crippen molar-refractivity contribution in [3.05, 3.63) is 109 Å². The Hall–Kier alpha value is -5.71. The van der Waals surface area contributed by atoms with Gasteiger partial charge in [-0.15, -0.1) is 0 Å². The minimum Gasteiger partial charge on any atom is -0.394 e. The molecule has 8 rings (SSSR count). The molecule has 260 valence electrons. The Balaban J connectivity index is 0.000000146. The number of carbonyl (C=O) groups is 2. The highest BCUT2D eigenvalue weighted by Crippen LogP contribution is 2.30. The van der Waals surface area contributed by atoms with Crippen molar-refractivity contribution in [2.45, 2.75) is 39.0 Å². The molecule has 6 aromatic heterocycles. The summed E-state index contributed by atoms with van der Waals surface area (Å²) >= 11 is 17.9. The highest BCUT2D eigenvalue weighted by Gasteiger charge is 2.39. The fraction of sp³-hybridized carbons (Fsp3) is 0.188. The Kier molecular flexibility index (Phi) is 9.09. The van der Waals surface area contributed by atoms with Crippen LogP contribution in [0.15, 0.2) is 71.3 Å². The number of aromatic nitrogens is 8. The molecule has 2 aliphatic rings. The van der Waals surface area contributed by atoms with E-state index in [4.69, 9.17) is 40.5 Å². The third kappa shape index (κ3) is 6.51. The van der Waals surface area contributed by atoms with Crippen molar-refractivity contribution in [1.29, 1.82) is 0 Å². The first kappa shape index (κ1) is 35.1. The highest BCUT2D eigenvalue weighted by molar-refractivity contribution is 6.34. The van der Waals surface area contributed by atoms with Gasteiger partial charge in [-0.1, -0.05) is 34.8 Å². The van der Waals surface area contributed by atoms with Crippen molar-refractivity contribution in [1.82, 2.24) is 49.7 Å². The van der Waals surface area contributed by atoms with Crippen molar-refractivity contribution in [3.8, 4) is 0 Å². The number of rotatable bonds is 2. The van der Waals surface area contributed by atoms with E-state index >= 15 is 0 Å². The molecule has 16 nitrogen and oxygen atoms in total. The normalized spacial score (nSPS) is 14.7. The van der Waals surface area contributed by atoms with Crippen LogP contribution in [0, 0.1) is 0 Å². The van der Waals surface area contributed by atoms with Gasteiger partial charge in [0.2, 0.25) is 0 Å². The molecule has 0 aliphatic carbocycles. The average molecular weight is 750 g/mol. The molecule has 6 aromatic rings. The van der Waals surface area contributed by atoms with E-state index in [1.54, 1.807) is 64.6 Å². The van der Waals surface area contributed by atoms with Crippen LogP contribution in [-0.4, -0.2) is 50.9 Å². The van der Waals surface area contributed by atoms with Crippen LogP contribution in [0.1, 0.15) is 48.7 Å². The number of pyridine rings is 4. The topological polar surface area (TPSA) is 218 Å². The molecule has 51 heavy (non-hydrogen) atoms. The van der Waals surface area contributed by atoms with Crippen molar-refractivity contribution in [3.63, 3.8) is 0 Å². The van der Waals surface area contributed by atoms with Crippen molar-refractivity contribution in [2.75, 3.05) is 11.1 Å². The third-order valence-electron chi connectivity index (χ3n) is 7.81. The summed E-state index contributed by atoms with van der Waals surface area (Å²) in [6.45, 7) is 6.88. The van der Waals surface area contributed by atoms with Gasteiger partial charge in [0, 0.05) is 23.2 Å². The minimum atomic E-state index is -0.873. The predicted octanol–water partition coefficient (Wildman–Crippen LogP) is 4.22. The Morgan fingerprint density at radius 2 is 1.22 bits per heavy atom. The minimum absolute atomic E-state index is 0.0355. The van der Waals surface area contributed by atoms with Crippen LogP contribution in [0.4, 0.5) is 17.2 Å². The zero-order chi connectivity index (χ0) is 36.8. The van der Waals surface area contributed by atoms with Crippen molar-refractivity contribution < 1.29 is 9.59 Å². The molecule has 0 spiro atoms. The molecule has 0 bridgehead atoms. The Morgan fingerprint density at radius 1 is 0.706 bits per heavy atom. The first-order valence-corrected chi connectivity index (χ1v) is 16.1. The standard InChI is InChI=1S/C16H13ClN6O2.C9H10ClN3O2.C7H4ClN3/c1-16(2)22-14(24)12-9(17)5-10(15(25)23(12)16)21-13-8-3-4-18-6-11(8)19-7-20-13;1-9(2)12-7(14)6-4(10)3-5(11)8(15)13(6)9;8-7-5-1-2-9-3-6(5)10-4-11-7/h3-7H,1-2H3,(H,22,24)(H,19,20,21);3H,11H2,1-2H3,(H,12,14);1-4H. The molecule has 5 N–H and O–H groups in total. The second-order valence-corrected chi connectivity index (χ2v) is 13.3. The fourth-order valence-electron chi connectivity index (χ4n) is 5.56. The largest absolute Gasteiger partial charge is 0.394 e. The maximum Gasteiger partial charge on any atom is 0.276 e. The number of nitrogens with one attached hydrogen (secondary N) is 3. The molecule has 2 amide bonds. The summed E-state index contributed by atoms with van der Waals surface area (Å²) < 4.78 is 2.64. The number of nitrogens with zero attached hydrogens (tertiary/aromatic N) is 8. The van der Waals surface area contributed by atoms with Crippen molar-refractivity contribution in [2.24, 2.45) is 0 Å². The van der Waals surface area contributed by atoms with Gasteiger partial charge in [-0.25, -0.2) is 19.9 Å². The van der Waals surface area contributed by atoms with Crippen LogP contribution < -0.4 is 32.8 Å². The van der Waals surface area contributed by atoms with E-state index in [1.165, 1.54) is 33.9 Å². The Labute approximate surface area is 303 Å². The van der Waals surface area contributed by atoms with Crippen LogP contribution in [-0.2, 0) is 11.3 Å². The lowest BCUT2D eigenvalue weighted by molar-refractivity contribution is 0.0925. The van der Waals surface area contributed by atoms with Gasteiger partial charge in [0.1, 0.15) is 52.0 Å². The molecule has 0 radical (unpaired) electrons. The van der Waals surface area contributed by atoms with Gasteiger partial charge in [-0.2, -0.15) is 0 Å². The molecule has 19 heteroatoms. The maximum atomic E-state index is 12.9. The average Bonchev–Trinajstić information content (AvgIpc) is 3.49. The maximum absolute atomic E-state index is 12.9. The molecule has 0 atom stereocenters. The molecular formula is C32H27Cl3N12O4. The van der Waals surface area contributed by atoms with Gasteiger partial charge in [-0.05, 0) is 52.0 Å². The van der Waals surface area contributed by atoms with Gasteiger partial charge < -0.3 is 21.7 Å². The second-order valence-electron chi connectivity index (χ2n) is 12.2. The molecule has 0 unspecified atom stereocenters. The number of nitrogen functional groups attached to an aromatic ring is 1. The fourth-order valence-corrected chi connectivity index (χ4v) is 6.33. The molecule has 2 aliphatic heterocycles. The monoisotopic (exact) mass is 748 g/mol. The summed E-state index contributed by atoms with van der Waals surface area (Å²) in [7, 11) is 0. The van der Waals surface area contributed by atoms with E-state index in [-0.39, 0.29) is 50.2 Å². The lowest BCUT2D eigenvalue weighted by atomic mass is 10.2. The predicted molar refractivity (Wildman–Crippen MR) is 192 cm³/mol. The first-order chi connectivity index (χ1) is 24.1. The lowest BCUT2D eigenvalue weighted by Crippen LogP contribution is -2.42. The highest BCUT2D eigenvalue weighted by atomic mass is 35.5. The summed E-state index contributed by atoms with van der Waals surface area (Å²) in [5.74, 6) is -0.282. The van der Waals surface area contributed by atoms with Gasteiger partial charge in [0.15, 0.2) is 0 Å². The van der Waals surface area contributed by atoms with E-state index in [1.807, 2.05) is 0 Å². The Morgan fingerprint density at radius 3 is 1.80 bits per heavy atom. The van der Waals surface area contributed by atoms with Crippen LogP contribution in [0.5, 0.6) is 0 Å². The molecule has 0 saturated carbocycles. The van der Waals surface area contributed by atoms with Gasteiger partial charge in [0.25, 0.3) is 22.9 Å². The molecule has 0 fully saturated rings. The summed E-state index contributed by atoms with van der Waals surface area (Å²) in [4.78, 5) is 72.4. The van der Waals surface area contributed by atoms with E-state index in [9.17, 15) is 19.2 Å². The summed E-state index contributed by atoms with van der Waals surface area (Å²) in [6, 6.07) is 6.28. The lowest BCUT2D eigenvalue weighted by Gasteiger charge is -2.22. The van der Waals surface area contributed by atoms with E-state index in [0.717, 1.165) is 10.9 Å². The molecular weight excluding hydrogens is 723 g/mol. The van der Waals surface area contributed by atoms with Crippen LogP contribution in [0.3, 0.4) is 0 Å². The number of nitrogens with two attached hydrogens (primary N) is 1. The van der Waals surface area contributed by atoms with Gasteiger partial charge in [0.05, 0.1) is 39.2 Å². The molecule has 0 saturated heterocycles. The zero-order valence-electron chi connectivity index (χ0n) is 27.2. The van der Waals surface area contributed by atoms with Gasteiger partial charge >= 0.3 is 0 Å². The van der Waals surface area contributed by atoms with E-state index in [0.29, 0.717) is 21.9 Å². The smallest absolute Gasteiger partial charge is 0.276 e. The summed E-state index contributed by atoms with van der Waals surface area (Å²) in [5, 5.41) is 10.8. The van der Waals surface area contributed by atoms with Crippen LogP contribution >= 0.6 is 34.8 Å².